The number of amides is 1. The first-order valence-electron chi connectivity index (χ1n) is 7.61. The standard InChI is InChI=1S/C14H27N3O3/c1-11(17-4-8-20-9-5-17)10-16-14(18)13(15)12-2-6-19-7-3-12/h11-13H,2-10,15H2,1H3,(H,16,18). The van der Waals surface area contributed by atoms with Gasteiger partial charge in [0.05, 0.1) is 19.3 Å². The Bertz CT molecular complexity index is 302. The number of morpholine rings is 1. The zero-order valence-electron chi connectivity index (χ0n) is 12.3. The predicted molar refractivity (Wildman–Crippen MR) is 76.4 cm³/mol. The van der Waals surface area contributed by atoms with E-state index in [2.05, 4.69) is 17.1 Å². The van der Waals surface area contributed by atoms with Gasteiger partial charge in [-0.3, -0.25) is 9.69 Å². The van der Waals surface area contributed by atoms with Gasteiger partial charge in [-0.25, -0.2) is 0 Å². The maximum absolute atomic E-state index is 12.1. The largest absolute Gasteiger partial charge is 0.381 e. The molecule has 2 fully saturated rings. The van der Waals surface area contributed by atoms with Crippen LogP contribution in [0.15, 0.2) is 0 Å². The molecule has 0 aromatic carbocycles. The monoisotopic (exact) mass is 285 g/mol. The molecule has 0 radical (unpaired) electrons. The van der Waals surface area contributed by atoms with Crippen LogP contribution in [0.25, 0.3) is 0 Å². The number of ether oxygens (including phenoxy) is 2. The molecule has 2 rings (SSSR count). The van der Waals surface area contributed by atoms with Crippen LogP contribution in [0.1, 0.15) is 19.8 Å². The van der Waals surface area contributed by atoms with Gasteiger partial charge in [0.2, 0.25) is 5.91 Å². The first-order chi connectivity index (χ1) is 9.68. The van der Waals surface area contributed by atoms with Crippen molar-refractivity contribution in [2.45, 2.75) is 31.8 Å². The van der Waals surface area contributed by atoms with E-state index < -0.39 is 6.04 Å². The first kappa shape index (κ1) is 15.7. The fraction of sp³-hybridized carbons (Fsp3) is 0.929. The van der Waals surface area contributed by atoms with Crippen LogP contribution in [-0.2, 0) is 14.3 Å². The Morgan fingerprint density at radius 3 is 2.50 bits per heavy atom. The van der Waals surface area contributed by atoms with E-state index in [-0.39, 0.29) is 11.8 Å². The fourth-order valence-corrected chi connectivity index (χ4v) is 2.80. The fourth-order valence-electron chi connectivity index (χ4n) is 2.80. The normalized spacial score (nSPS) is 25.1. The third-order valence-corrected chi connectivity index (χ3v) is 4.32. The molecule has 0 aromatic rings. The van der Waals surface area contributed by atoms with E-state index in [4.69, 9.17) is 15.2 Å². The maximum Gasteiger partial charge on any atom is 0.237 e. The Morgan fingerprint density at radius 1 is 1.25 bits per heavy atom. The molecule has 2 aliphatic heterocycles. The van der Waals surface area contributed by atoms with Gasteiger partial charge >= 0.3 is 0 Å². The van der Waals surface area contributed by atoms with Crippen molar-refractivity contribution in [2.24, 2.45) is 11.7 Å². The third kappa shape index (κ3) is 4.41. The second-order valence-electron chi connectivity index (χ2n) is 5.72. The van der Waals surface area contributed by atoms with Gasteiger partial charge < -0.3 is 20.5 Å². The van der Waals surface area contributed by atoms with Crippen molar-refractivity contribution >= 4 is 5.91 Å². The summed E-state index contributed by atoms with van der Waals surface area (Å²) in [5.74, 6) is 0.222. The van der Waals surface area contributed by atoms with Crippen molar-refractivity contribution in [1.29, 1.82) is 0 Å². The molecule has 3 N–H and O–H groups in total. The molecule has 1 amide bonds. The number of hydrogen-bond acceptors (Lipinski definition) is 5. The molecule has 20 heavy (non-hydrogen) atoms. The lowest BCUT2D eigenvalue weighted by Crippen LogP contribution is -2.52. The molecule has 2 heterocycles. The Kier molecular flexibility index (Phi) is 6.22. The third-order valence-electron chi connectivity index (χ3n) is 4.32. The second kappa shape index (κ2) is 7.93. The summed E-state index contributed by atoms with van der Waals surface area (Å²) in [6, 6.07) is -0.0828. The predicted octanol–water partition coefficient (Wildman–Crippen LogP) is -0.423. The van der Waals surface area contributed by atoms with Crippen molar-refractivity contribution in [3.05, 3.63) is 0 Å². The van der Waals surface area contributed by atoms with Crippen LogP contribution in [0.5, 0.6) is 0 Å². The molecule has 0 aromatic heterocycles. The summed E-state index contributed by atoms with van der Waals surface area (Å²) >= 11 is 0. The van der Waals surface area contributed by atoms with Gasteiger partial charge in [-0.05, 0) is 25.7 Å². The van der Waals surface area contributed by atoms with Crippen molar-refractivity contribution in [3.8, 4) is 0 Å². The molecular formula is C14H27N3O3. The second-order valence-corrected chi connectivity index (χ2v) is 5.72. The molecule has 2 saturated heterocycles. The average molecular weight is 285 g/mol. The van der Waals surface area contributed by atoms with E-state index in [1.807, 2.05) is 0 Å². The summed E-state index contributed by atoms with van der Waals surface area (Å²) in [7, 11) is 0. The van der Waals surface area contributed by atoms with Crippen molar-refractivity contribution in [1.82, 2.24) is 10.2 Å². The van der Waals surface area contributed by atoms with Crippen LogP contribution in [0.3, 0.4) is 0 Å². The van der Waals surface area contributed by atoms with Gasteiger partial charge in [-0.15, -0.1) is 0 Å². The average Bonchev–Trinajstić information content (AvgIpc) is 2.53. The molecule has 0 spiro atoms. The van der Waals surface area contributed by atoms with Crippen molar-refractivity contribution in [3.63, 3.8) is 0 Å². The molecule has 6 heteroatoms. The molecule has 0 aliphatic carbocycles. The van der Waals surface area contributed by atoms with Crippen molar-refractivity contribution in [2.75, 3.05) is 46.1 Å². The highest BCUT2D eigenvalue weighted by Crippen LogP contribution is 2.17. The molecule has 0 bridgehead atoms. The molecular weight excluding hydrogens is 258 g/mol. The highest BCUT2D eigenvalue weighted by molar-refractivity contribution is 5.81. The number of carbonyl (C=O) groups is 1. The van der Waals surface area contributed by atoms with Gasteiger partial charge in [0.15, 0.2) is 0 Å². The minimum absolute atomic E-state index is 0.0305. The van der Waals surface area contributed by atoms with Crippen LogP contribution in [0.2, 0.25) is 0 Å². The smallest absolute Gasteiger partial charge is 0.237 e. The van der Waals surface area contributed by atoms with E-state index in [9.17, 15) is 4.79 Å². The number of nitrogens with zero attached hydrogens (tertiary/aromatic N) is 1. The van der Waals surface area contributed by atoms with E-state index in [1.165, 1.54) is 0 Å². The Balaban J connectivity index is 1.70. The Labute approximate surface area is 121 Å². The molecule has 116 valence electrons. The van der Waals surface area contributed by atoms with Crippen LogP contribution >= 0.6 is 0 Å². The van der Waals surface area contributed by atoms with Crippen LogP contribution in [-0.4, -0.2) is 69.0 Å². The lowest BCUT2D eigenvalue weighted by atomic mass is 9.92. The number of nitrogens with one attached hydrogen (secondary N) is 1. The van der Waals surface area contributed by atoms with Gasteiger partial charge in [0.1, 0.15) is 0 Å². The minimum atomic E-state index is -0.407. The highest BCUT2D eigenvalue weighted by atomic mass is 16.5. The van der Waals surface area contributed by atoms with Gasteiger partial charge in [-0.2, -0.15) is 0 Å². The number of hydrogen-bond donors (Lipinski definition) is 2. The summed E-state index contributed by atoms with van der Waals surface area (Å²) < 4.78 is 10.6. The lowest BCUT2D eigenvalue weighted by molar-refractivity contribution is -0.124. The summed E-state index contributed by atoms with van der Waals surface area (Å²) in [4.78, 5) is 14.4. The molecule has 0 saturated carbocycles. The van der Waals surface area contributed by atoms with Gasteiger partial charge in [-0.1, -0.05) is 0 Å². The lowest BCUT2D eigenvalue weighted by Gasteiger charge is -2.33. The van der Waals surface area contributed by atoms with Crippen LogP contribution < -0.4 is 11.1 Å². The molecule has 2 atom stereocenters. The van der Waals surface area contributed by atoms with Crippen LogP contribution in [0, 0.1) is 5.92 Å². The number of rotatable bonds is 5. The van der Waals surface area contributed by atoms with E-state index in [0.29, 0.717) is 12.6 Å². The summed E-state index contributed by atoms with van der Waals surface area (Å²) in [6.45, 7) is 7.64. The maximum atomic E-state index is 12.1. The zero-order chi connectivity index (χ0) is 14.4. The van der Waals surface area contributed by atoms with Crippen molar-refractivity contribution < 1.29 is 14.3 Å². The van der Waals surface area contributed by atoms with E-state index in [1.54, 1.807) is 0 Å². The Morgan fingerprint density at radius 2 is 1.85 bits per heavy atom. The number of carbonyl (C=O) groups excluding carboxylic acids is 1. The Hall–Kier alpha value is -0.690. The van der Waals surface area contributed by atoms with E-state index in [0.717, 1.165) is 52.4 Å². The first-order valence-corrected chi connectivity index (χ1v) is 7.61. The summed E-state index contributed by atoms with van der Waals surface area (Å²) in [5, 5.41) is 2.99. The van der Waals surface area contributed by atoms with Gasteiger partial charge in [0, 0.05) is 38.9 Å². The summed E-state index contributed by atoms with van der Waals surface area (Å²) in [6.07, 6.45) is 1.77. The summed E-state index contributed by atoms with van der Waals surface area (Å²) in [5.41, 5.74) is 6.06. The highest BCUT2D eigenvalue weighted by Gasteiger charge is 2.27. The SMILES string of the molecule is CC(CNC(=O)C(N)C1CCOCC1)N1CCOCC1. The zero-order valence-corrected chi connectivity index (χ0v) is 12.3. The quantitative estimate of drug-likeness (QED) is 0.717. The number of nitrogens with two attached hydrogens (primary N) is 1. The topological polar surface area (TPSA) is 76.8 Å². The molecule has 2 aliphatic rings. The molecule has 6 nitrogen and oxygen atoms in total. The molecule has 2 unspecified atom stereocenters. The van der Waals surface area contributed by atoms with E-state index >= 15 is 0 Å². The van der Waals surface area contributed by atoms with Gasteiger partial charge in [0.25, 0.3) is 0 Å². The van der Waals surface area contributed by atoms with Crippen LogP contribution in [0.4, 0.5) is 0 Å². The minimum Gasteiger partial charge on any atom is -0.381 e.